The van der Waals surface area contributed by atoms with Crippen LogP contribution in [0, 0.1) is 34.5 Å². The average molecular weight is 366 g/mol. The van der Waals surface area contributed by atoms with Gasteiger partial charge < -0.3 is 5.11 Å². The number of Topliss-reactive ketones (excluding diaryl/α,β-unsaturated/α-hetero) is 1. The second kappa shape index (κ2) is 5.95. The molecule has 3 saturated carbocycles. The van der Waals surface area contributed by atoms with E-state index in [0.29, 0.717) is 19.3 Å². The molecule has 0 heterocycles. The van der Waals surface area contributed by atoms with Crippen molar-refractivity contribution >= 4 is 11.6 Å². The molecule has 0 aromatic carbocycles. The number of allylic oxidation sites excluding steroid dienone is 1. The van der Waals surface area contributed by atoms with Crippen LogP contribution < -0.4 is 0 Å². The van der Waals surface area contributed by atoms with Crippen molar-refractivity contribution in [2.75, 3.05) is 0 Å². The van der Waals surface area contributed by atoms with E-state index in [1.54, 1.807) is 6.08 Å². The van der Waals surface area contributed by atoms with Crippen LogP contribution in [0.3, 0.4) is 0 Å². The van der Waals surface area contributed by atoms with Gasteiger partial charge in [0.15, 0.2) is 5.78 Å². The van der Waals surface area contributed by atoms with Gasteiger partial charge in [0.05, 0.1) is 6.10 Å². The number of aliphatic hydroxyl groups is 1. The fourth-order valence-electron chi connectivity index (χ4n) is 7.31. The SMILES string of the molecule is C[C@]12C[C@H](O)[C@H]3[C@@H](CCC4=CC(=O)CC[C@@]43C)[C@@H]1CC[C@@H]2C(=O)C(F)F. The summed E-state index contributed by atoms with van der Waals surface area (Å²) < 4.78 is 26.2. The third-order valence-electron chi connectivity index (χ3n) is 8.45. The molecular formula is C21H28F2O3. The molecule has 0 saturated heterocycles. The van der Waals surface area contributed by atoms with Crippen LogP contribution in [0.25, 0.3) is 0 Å². The minimum absolute atomic E-state index is 0.0640. The molecular weight excluding hydrogens is 338 g/mol. The molecule has 0 radical (unpaired) electrons. The Morgan fingerprint density at radius 1 is 1.23 bits per heavy atom. The van der Waals surface area contributed by atoms with E-state index in [4.69, 9.17) is 0 Å². The largest absolute Gasteiger partial charge is 0.393 e. The first-order valence-electron chi connectivity index (χ1n) is 9.92. The van der Waals surface area contributed by atoms with Gasteiger partial charge in [0.2, 0.25) is 5.78 Å². The van der Waals surface area contributed by atoms with E-state index in [0.717, 1.165) is 31.3 Å². The van der Waals surface area contributed by atoms with Gasteiger partial charge in [-0.15, -0.1) is 0 Å². The lowest BCUT2D eigenvalue weighted by molar-refractivity contribution is -0.151. The molecule has 3 fully saturated rings. The summed E-state index contributed by atoms with van der Waals surface area (Å²) in [4.78, 5) is 24.0. The van der Waals surface area contributed by atoms with Crippen molar-refractivity contribution in [2.45, 2.75) is 71.3 Å². The summed E-state index contributed by atoms with van der Waals surface area (Å²) in [5.74, 6) is -0.884. The molecule has 5 heteroatoms. The molecule has 0 spiro atoms. The number of ketones is 2. The van der Waals surface area contributed by atoms with E-state index >= 15 is 0 Å². The Hall–Kier alpha value is -1.10. The maximum atomic E-state index is 13.1. The lowest BCUT2D eigenvalue weighted by Gasteiger charge is -2.59. The number of hydrogen-bond donors (Lipinski definition) is 1. The van der Waals surface area contributed by atoms with Crippen LogP contribution in [0.2, 0.25) is 0 Å². The first-order chi connectivity index (χ1) is 12.2. The van der Waals surface area contributed by atoms with Crippen molar-refractivity contribution in [3.63, 3.8) is 0 Å². The number of aliphatic hydroxyl groups excluding tert-OH is 1. The Bertz CT molecular complexity index is 672. The van der Waals surface area contributed by atoms with Gasteiger partial charge in [-0.3, -0.25) is 9.59 Å². The van der Waals surface area contributed by atoms with E-state index in [9.17, 15) is 23.5 Å². The zero-order valence-corrected chi connectivity index (χ0v) is 15.5. The highest BCUT2D eigenvalue weighted by Crippen LogP contribution is 2.66. The molecule has 4 rings (SSSR count). The molecule has 0 aromatic rings. The van der Waals surface area contributed by atoms with E-state index in [-0.39, 0.29) is 29.0 Å². The molecule has 0 aromatic heterocycles. The number of fused-ring (bicyclic) bond motifs is 5. The summed E-state index contributed by atoms with van der Waals surface area (Å²) >= 11 is 0. The Labute approximate surface area is 153 Å². The summed E-state index contributed by atoms with van der Waals surface area (Å²) in [5.41, 5.74) is 0.453. The van der Waals surface area contributed by atoms with Crippen LogP contribution in [0.4, 0.5) is 8.78 Å². The summed E-state index contributed by atoms with van der Waals surface area (Å²) in [6.45, 7) is 4.12. The van der Waals surface area contributed by atoms with Gasteiger partial charge in [-0.2, -0.15) is 0 Å². The zero-order chi connectivity index (χ0) is 18.9. The Kier molecular flexibility index (Phi) is 4.18. The maximum Gasteiger partial charge on any atom is 0.296 e. The molecule has 0 amide bonds. The average Bonchev–Trinajstić information content (AvgIpc) is 2.90. The highest BCUT2D eigenvalue weighted by atomic mass is 19.3. The quantitative estimate of drug-likeness (QED) is 0.805. The topological polar surface area (TPSA) is 54.4 Å². The Morgan fingerprint density at radius 2 is 1.96 bits per heavy atom. The second-order valence-corrected chi connectivity index (χ2v) is 9.50. The zero-order valence-electron chi connectivity index (χ0n) is 15.5. The molecule has 4 aliphatic rings. The number of alkyl halides is 2. The van der Waals surface area contributed by atoms with Gasteiger partial charge >= 0.3 is 0 Å². The predicted molar refractivity (Wildman–Crippen MR) is 92.6 cm³/mol. The van der Waals surface area contributed by atoms with Crippen LogP contribution in [-0.2, 0) is 9.59 Å². The molecule has 0 bridgehead atoms. The molecule has 0 unspecified atom stereocenters. The number of carbonyl (C=O) groups excluding carboxylic acids is 2. The lowest BCUT2D eigenvalue weighted by Crippen LogP contribution is -2.57. The Morgan fingerprint density at radius 3 is 2.65 bits per heavy atom. The molecule has 4 aliphatic carbocycles. The highest BCUT2D eigenvalue weighted by molar-refractivity contribution is 5.91. The van der Waals surface area contributed by atoms with Gasteiger partial charge in [-0.1, -0.05) is 19.4 Å². The Balaban J connectivity index is 1.69. The third-order valence-corrected chi connectivity index (χ3v) is 8.45. The van der Waals surface area contributed by atoms with Gasteiger partial charge in [0, 0.05) is 12.3 Å². The normalized spacial score (nSPS) is 47.8. The number of hydrogen-bond acceptors (Lipinski definition) is 3. The van der Waals surface area contributed by atoms with Gasteiger partial charge in [-0.25, -0.2) is 8.78 Å². The number of rotatable bonds is 2. The third kappa shape index (κ3) is 2.38. The summed E-state index contributed by atoms with van der Waals surface area (Å²) in [7, 11) is 0. The summed E-state index contributed by atoms with van der Waals surface area (Å²) in [6.07, 6.45) is 2.99. The van der Waals surface area contributed by atoms with Crippen molar-refractivity contribution in [2.24, 2.45) is 34.5 Å². The minimum atomic E-state index is -2.92. The van der Waals surface area contributed by atoms with Gasteiger partial charge in [0.25, 0.3) is 6.43 Å². The fraction of sp³-hybridized carbons (Fsp3) is 0.810. The molecule has 144 valence electrons. The number of carbonyl (C=O) groups is 2. The number of halogens is 2. The van der Waals surface area contributed by atoms with E-state index in [1.807, 2.05) is 6.92 Å². The van der Waals surface area contributed by atoms with Crippen LogP contribution >= 0.6 is 0 Å². The molecule has 26 heavy (non-hydrogen) atoms. The van der Waals surface area contributed by atoms with Crippen LogP contribution in [0.1, 0.15) is 58.8 Å². The first kappa shape index (κ1) is 18.3. The monoisotopic (exact) mass is 366 g/mol. The van der Waals surface area contributed by atoms with Crippen LogP contribution in [0.15, 0.2) is 11.6 Å². The molecule has 7 atom stereocenters. The highest BCUT2D eigenvalue weighted by Gasteiger charge is 2.63. The van der Waals surface area contributed by atoms with Gasteiger partial charge in [0.1, 0.15) is 0 Å². The van der Waals surface area contributed by atoms with E-state index in [1.165, 1.54) is 0 Å². The molecule has 3 nitrogen and oxygen atoms in total. The summed E-state index contributed by atoms with van der Waals surface area (Å²) in [6, 6.07) is 0. The molecule has 1 N–H and O–H groups in total. The van der Waals surface area contributed by atoms with Crippen molar-refractivity contribution in [3.8, 4) is 0 Å². The minimum Gasteiger partial charge on any atom is -0.393 e. The predicted octanol–water partition coefficient (Wildman–Crippen LogP) is 3.94. The van der Waals surface area contributed by atoms with Crippen molar-refractivity contribution in [1.82, 2.24) is 0 Å². The van der Waals surface area contributed by atoms with Crippen LogP contribution in [-0.4, -0.2) is 29.2 Å². The van der Waals surface area contributed by atoms with Crippen molar-refractivity contribution in [1.29, 1.82) is 0 Å². The summed E-state index contributed by atoms with van der Waals surface area (Å²) in [5, 5.41) is 11.1. The van der Waals surface area contributed by atoms with E-state index < -0.39 is 29.6 Å². The van der Waals surface area contributed by atoms with Crippen molar-refractivity contribution in [3.05, 3.63) is 11.6 Å². The molecule has 0 aliphatic heterocycles. The smallest absolute Gasteiger partial charge is 0.296 e. The lowest BCUT2D eigenvalue weighted by atomic mass is 9.46. The van der Waals surface area contributed by atoms with Crippen LogP contribution in [0.5, 0.6) is 0 Å². The standard InChI is InChI=1S/C21H28F2O3/c1-20-8-7-12(24)9-11(20)3-4-13-14-5-6-15(18(26)19(22)23)21(14,2)10-16(25)17(13)20/h9,13-17,19,25H,3-8,10H2,1-2H3/t13-,14-,15+,16-,17+,20-,21-/m0/s1. The van der Waals surface area contributed by atoms with E-state index in [2.05, 4.69) is 6.92 Å². The second-order valence-electron chi connectivity index (χ2n) is 9.50. The fourth-order valence-corrected chi connectivity index (χ4v) is 7.31. The first-order valence-corrected chi connectivity index (χ1v) is 9.92. The van der Waals surface area contributed by atoms with Crippen molar-refractivity contribution < 1.29 is 23.5 Å². The maximum absolute atomic E-state index is 13.1. The van der Waals surface area contributed by atoms with Gasteiger partial charge in [-0.05, 0) is 73.2 Å².